The minimum atomic E-state index is -4.45. The van der Waals surface area contributed by atoms with Crippen molar-refractivity contribution in [2.75, 3.05) is 13.1 Å². The highest BCUT2D eigenvalue weighted by Crippen LogP contribution is 2.31. The summed E-state index contributed by atoms with van der Waals surface area (Å²) in [7, 11) is 0. The van der Waals surface area contributed by atoms with E-state index in [9.17, 15) is 18.0 Å². The second-order valence-corrected chi connectivity index (χ2v) is 6.09. The van der Waals surface area contributed by atoms with E-state index in [-0.39, 0.29) is 17.9 Å². The molecule has 0 bridgehead atoms. The van der Waals surface area contributed by atoms with Gasteiger partial charge in [-0.3, -0.25) is 9.69 Å². The number of halogens is 3. The van der Waals surface area contributed by atoms with Crippen LogP contribution in [0.4, 0.5) is 13.2 Å². The summed E-state index contributed by atoms with van der Waals surface area (Å²) in [4.78, 5) is 14.4. The Balaban J connectivity index is 1.61. The van der Waals surface area contributed by atoms with E-state index in [0.29, 0.717) is 12.3 Å². The fraction of sp³-hybridized carbons (Fsp3) is 0.389. The van der Waals surface area contributed by atoms with E-state index >= 15 is 0 Å². The summed E-state index contributed by atoms with van der Waals surface area (Å²) in [6.45, 7) is 2.45. The maximum atomic E-state index is 13.0. The predicted molar refractivity (Wildman–Crippen MR) is 85.8 cm³/mol. The normalized spacial score (nSPS) is 15.5. The van der Waals surface area contributed by atoms with Gasteiger partial charge in [0.05, 0.1) is 12.1 Å². The highest BCUT2D eigenvalue weighted by atomic mass is 19.4. The Bertz CT molecular complexity index is 734. The number of rotatable bonds is 5. The zero-order chi connectivity index (χ0) is 17.9. The summed E-state index contributed by atoms with van der Waals surface area (Å²) in [5.41, 5.74) is -0.725. The van der Waals surface area contributed by atoms with Crippen LogP contribution < -0.4 is 5.32 Å². The van der Waals surface area contributed by atoms with Gasteiger partial charge in [-0.25, -0.2) is 0 Å². The van der Waals surface area contributed by atoms with Gasteiger partial charge in [0.2, 0.25) is 0 Å². The number of carbonyl (C=O) groups excluding carboxylic acids is 1. The maximum absolute atomic E-state index is 13.0. The topological polar surface area (TPSA) is 45.5 Å². The monoisotopic (exact) mass is 352 g/mol. The molecule has 1 fully saturated rings. The fourth-order valence-electron chi connectivity index (χ4n) is 2.96. The van der Waals surface area contributed by atoms with E-state index in [1.54, 1.807) is 12.1 Å². The average Bonchev–Trinajstić information content (AvgIpc) is 3.24. The minimum absolute atomic E-state index is 0.0206. The van der Waals surface area contributed by atoms with Gasteiger partial charge in [0, 0.05) is 6.54 Å². The van der Waals surface area contributed by atoms with Gasteiger partial charge in [-0.2, -0.15) is 13.2 Å². The lowest BCUT2D eigenvalue weighted by atomic mass is 10.1. The van der Waals surface area contributed by atoms with Crippen LogP contribution in [0.5, 0.6) is 0 Å². The first kappa shape index (κ1) is 17.5. The Labute approximate surface area is 143 Å². The van der Waals surface area contributed by atoms with Crippen LogP contribution >= 0.6 is 0 Å². The third kappa shape index (κ3) is 4.42. The van der Waals surface area contributed by atoms with E-state index in [2.05, 4.69) is 10.2 Å². The summed E-state index contributed by atoms with van der Waals surface area (Å²) in [5.74, 6) is 0.270. The van der Waals surface area contributed by atoms with Crippen LogP contribution in [0.2, 0.25) is 0 Å². The number of carbonyl (C=O) groups is 1. The summed E-state index contributed by atoms with van der Waals surface area (Å²) in [6.07, 6.45) is -2.13. The SMILES string of the molecule is O=C(NCc1ccccc1C(F)(F)F)c1ccc(CN2CCCC2)o1. The van der Waals surface area contributed by atoms with E-state index in [1.165, 1.54) is 18.2 Å². The summed E-state index contributed by atoms with van der Waals surface area (Å²) in [6, 6.07) is 8.48. The van der Waals surface area contributed by atoms with E-state index < -0.39 is 17.6 Å². The number of hydrogen-bond acceptors (Lipinski definition) is 3. The van der Waals surface area contributed by atoms with E-state index in [4.69, 9.17) is 4.42 Å². The minimum Gasteiger partial charge on any atom is -0.455 e. The summed E-state index contributed by atoms with van der Waals surface area (Å²) in [5, 5.41) is 2.49. The van der Waals surface area contributed by atoms with Crippen molar-refractivity contribution >= 4 is 5.91 Å². The third-order valence-electron chi connectivity index (χ3n) is 4.23. The molecule has 25 heavy (non-hydrogen) atoms. The predicted octanol–water partition coefficient (Wildman–Crippen LogP) is 3.82. The molecule has 1 aliphatic rings. The van der Waals surface area contributed by atoms with Gasteiger partial charge in [-0.05, 0) is 49.7 Å². The molecule has 1 saturated heterocycles. The first-order chi connectivity index (χ1) is 11.9. The highest BCUT2D eigenvalue weighted by molar-refractivity contribution is 5.91. The van der Waals surface area contributed by atoms with Gasteiger partial charge < -0.3 is 9.73 Å². The van der Waals surface area contributed by atoms with Crippen LogP contribution in [0.1, 0.15) is 40.3 Å². The smallest absolute Gasteiger partial charge is 0.416 e. The molecule has 0 atom stereocenters. The number of hydrogen-bond donors (Lipinski definition) is 1. The molecule has 1 aromatic carbocycles. The second kappa shape index (κ2) is 7.31. The van der Waals surface area contributed by atoms with Crippen LogP contribution in [-0.2, 0) is 19.3 Å². The number of amides is 1. The number of alkyl halides is 3. The zero-order valence-electron chi connectivity index (χ0n) is 13.6. The molecular weight excluding hydrogens is 333 g/mol. The summed E-state index contributed by atoms with van der Waals surface area (Å²) < 4.78 is 44.4. The number of nitrogens with zero attached hydrogens (tertiary/aromatic N) is 1. The Morgan fingerprint density at radius 2 is 1.84 bits per heavy atom. The Morgan fingerprint density at radius 3 is 2.56 bits per heavy atom. The third-order valence-corrected chi connectivity index (χ3v) is 4.23. The van der Waals surface area contributed by atoms with Crippen molar-refractivity contribution in [2.24, 2.45) is 0 Å². The molecule has 1 N–H and O–H groups in total. The molecular formula is C18H19F3N2O2. The molecule has 1 aliphatic heterocycles. The molecule has 0 saturated carbocycles. The van der Waals surface area contributed by atoms with Gasteiger partial charge in [-0.15, -0.1) is 0 Å². The zero-order valence-corrected chi connectivity index (χ0v) is 13.6. The number of furan rings is 1. The van der Waals surface area contributed by atoms with Crippen molar-refractivity contribution < 1.29 is 22.4 Å². The van der Waals surface area contributed by atoms with Crippen LogP contribution in [0.3, 0.4) is 0 Å². The molecule has 4 nitrogen and oxygen atoms in total. The van der Waals surface area contributed by atoms with Crippen molar-refractivity contribution in [3.63, 3.8) is 0 Å². The molecule has 1 amide bonds. The lowest BCUT2D eigenvalue weighted by Gasteiger charge is -2.13. The molecule has 0 aliphatic carbocycles. The Hall–Kier alpha value is -2.28. The van der Waals surface area contributed by atoms with Crippen molar-refractivity contribution in [2.45, 2.75) is 32.1 Å². The Morgan fingerprint density at radius 1 is 1.12 bits per heavy atom. The van der Waals surface area contributed by atoms with Gasteiger partial charge >= 0.3 is 6.18 Å². The largest absolute Gasteiger partial charge is 0.455 e. The quantitative estimate of drug-likeness (QED) is 0.890. The van der Waals surface area contributed by atoms with Crippen molar-refractivity contribution in [1.82, 2.24) is 10.2 Å². The molecule has 7 heteroatoms. The first-order valence-electron chi connectivity index (χ1n) is 8.18. The lowest BCUT2D eigenvalue weighted by molar-refractivity contribution is -0.138. The molecule has 3 rings (SSSR count). The number of benzene rings is 1. The van der Waals surface area contributed by atoms with Gasteiger partial charge in [0.1, 0.15) is 5.76 Å². The molecule has 1 aromatic heterocycles. The van der Waals surface area contributed by atoms with Crippen molar-refractivity contribution in [1.29, 1.82) is 0 Å². The van der Waals surface area contributed by atoms with Gasteiger partial charge in [-0.1, -0.05) is 18.2 Å². The lowest BCUT2D eigenvalue weighted by Crippen LogP contribution is -2.24. The Kier molecular flexibility index (Phi) is 5.13. The van der Waals surface area contributed by atoms with Crippen molar-refractivity contribution in [3.05, 3.63) is 59.0 Å². The van der Waals surface area contributed by atoms with Crippen LogP contribution in [0.25, 0.3) is 0 Å². The molecule has 2 heterocycles. The molecule has 0 spiro atoms. The molecule has 0 radical (unpaired) electrons. The van der Waals surface area contributed by atoms with Gasteiger partial charge in [0.25, 0.3) is 5.91 Å². The molecule has 134 valence electrons. The maximum Gasteiger partial charge on any atom is 0.416 e. The number of likely N-dealkylation sites (tertiary alicyclic amines) is 1. The first-order valence-corrected chi connectivity index (χ1v) is 8.18. The second-order valence-electron chi connectivity index (χ2n) is 6.09. The van der Waals surface area contributed by atoms with Crippen LogP contribution in [0, 0.1) is 0 Å². The molecule has 0 unspecified atom stereocenters. The van der Waals surface area contributed by atoms with E-state index in [1.807, 2.05) is 0 Å². The standard InChI is InChI=1S/C18H19F3N2O2/c19-18(20,21)15-6-2-1-5-13(15)11-22-17(24)16-8-7-14(25-16)12-23-9-3-4-10-23/h1-2,5-8H,3-4,9-12H2,(H,22,24). The summed E-state index contributed by atoms with van der Waals surface area (Å²) >= 11 is 0. The van der Waals surface area contributed by atoms with E-state index in [0.717, 1.165) is 32.0 Å². The highest BCUT2D eigenvalue weighted by Gasteiger charge is 2.32. The van der Waals surface area contributed by atoms with Crippen LogP contribution in [0.15, 0.2) is 40.8 Å². The number of nitrogens with one attached hydrogen (secondary N) is 1. The molecule has 2 aromatic rings. The van der Waals surface area contributed by atoms with Crippen LogP contribution in [-0.4, -0.2) is 23.9 Å². The fourth-order valence-corrected chi connectivity index (χ4v) is 2.96. The van der Waals surface area contributed by atoms with Gasteiger partial charge in [0.15, 0.2) is 5.76 Å². The average molecular weight is 352 g/mol. The van der Waals surface area contributed by atoms with Crippen molar-refractivity contribution in [3.8, 4) is 0 Å².